The van der Waals surface area contributed by atoms with E-state index in [-0.39, 0.29) is 11.8 Å². The fourth-order valence-corrected chi connectivity index (χ4v) is 2.72. The van der Waals surface area contributed by atoms with Gasteiger partial charge in [-0.05, 0) is 37.5 Å². The highest BCUT2D eigenvalue weighted by atomic mass is 35.5. The molecule has 18 heavy (non-hydrogen) atoms. The van der Waals surface area contributed by atoms with Crippen LogP contribution in [-0.2, 0) is 4.79 Å². The molecule has 4 nitrogen and oxygen atoms in total. The molecule has 1 heterocycles. The molecule has 1 aromatic rings. The Morgan fingerprint density at radius 2 is 2.11 bits per heavy atom. The van der Waals surface area contributed by atoms with E-state index in [0.717, 1.165) is 5.56 Å². The van der Waals surface area contributed by atoms with Crippen LogP contribution in [0.25, 0.3) is 0 Å². The smallest absolute Gasteiger partial charge is 0.408 e. The van der Waals surface area contributed by atoms with Gasteiger partial charge >= 0.3 is 6.09 Å². The molecule has 1 aliphatic heterocycles. The Labute approximate surface area is 110 Å². The molecule has 1 aromatic carbocycles. The van der Waals surface area contributed by atoms with Crippen LogP contribution < -0.4 is 0 Å². The number of rotatable bonds is 2. The summed E-state index contributed by atoms with van der Waals surface area (Å²) in [6, 6.07) is 6.31. The first-order chi connectivity index (χ1) is 8.50. The van der Waals surface area contributed by atoms with Crippen LogP contribution in [0.4, 0.5) is 4.79 Å². The summed E-state index contributed by atoms with van der Waals surface area (Å²) in [4.78, 5) is 24.0. The van der Waals surface area contributed by atoms with Crippen molar-refractivity contribution in [3.05, 3.63) is 34.9 Å². The summed E-state index contributed by atoms with van der Waals surface area (Å²) in [7, 11) is 0. The number of carbonyl (C=O) groups is 2. The number of benzene rings is 1. The van der Waals surface area contributed by atoms with E-state index in [0.29, 0.717) is 17.9 Å². The zero-order valence-electron chi connectivity index (χ0n) is 9.97. The molecule has 0 saturated carbocycles. The second kappa shape index (κ2) is 4.98. The van der Waals surface area contributed by atoms with Gasteiger partial charge < -0.3 is 5.11 Å². The number of hydrogen-bond donors (Lipinski definition) is 1. The second-order valence-corrected chi connectivity index (χ2v) is 4.90. The van der Waals surface area contributed by atoms with Gasteiger partial charge in [0.2, 0.25) is 0 Å². The zero-order valence-corrected chi connectivity index (χ0v) is 10.7. The molecule has 2 atom stereocenters. The minimum atomic E-state index is -1.06. The van der Waals surface area contributed by atoms with Gasteiger partial charge in [-0.3, -0.25) is 9.69 Å². The fourth-order valence-electron chi connectivity index (χ4n) is 2.52. The van der Waals surface area contributed by atoms with Crippen molar-refractivity contribution in [2.24, 2.45) is 0 Å². The number of carboxylic acid groups (broad SMARTS) is 1. The minimum absolute atomic E-state index is 0.109. The summed E-state index contributed by atoms with van der Waals surface area (Å²) in [6.45, 7) is 1.43. The summed E-state index contributed by atoms with van der Waals surface area (Å²) in [6.07, 6.45) is 0.160. The lowest BCUT2D eigenvalue weighted by Crippen LogP contribution is -2.40. The number of ketones is 1. The molecule has 1 N–H and O–H groups in total. The number of hydrogen-bond acceptors (Lipinski definition) is 2. The van der Waals surface area contributed by atoms with Crippen LogP contribution in [-0.4, -0.2) is 27.9 Å². The third-order valence-electron chi connectivity index (χ3n) is 3.31. The van der Waals surface area contributed by atoms with E-state index in [2.05, 4.69) is 0 Å². The van der Waals surface area contributed by atoms with E-state index in [1.165, 1.54) is 11.8 Å². The molecule has 5 heteroatoms. The van der Waals surface area contributed by atoms with Gasteiger partial charge in [0.1, 0.15) is 0 Å². The van der Waals surface area contributed by atoms with E-state index in [9.17, 15) is 14.7 Å². The van der Waals surface area contributed by atoms with Gasteiger partial charge in [-0.1, -0.05) is 23.7 Å². The minimum Gasteiger partial charge on any atom is -0.465 e. The molecular weight excluding hydrogens is 254 g/mol. The summed E-state index contributed by atoms with van der Waals surface area (Å²) in [5, 5.41) is 9.85. The molecule has 0 radical (unpaired) electrons. The first-order valence-corrected chi connectivity index (χ1v) is 6.15. The SMILES string of the molecule is CC(=O)[C@H]1CC[C@@H](c2cccc(Cl)c2)N1C(=O)O. The molecule has 0 unspecified atom stereocenters. The Morgan fingerprint density at radius 1 is 1.39 bits per heavy atom. The number of likely N-dealkylation sites (tertiary alicyclic amines) is 1. The van der Waals surface area contributed by atoms with Gasteiger partial charge in [0.15, 0.2) is 5.78 Å². The van der Waals surface area contributed by atoms with Gasteiger partial charge in [0.05, 0.1) is 12.1 Å². The number of carbonyl (C=O) groups excluding carboxylic acids is 1. The van der Waals surface area contributed by atoms with Crippen LogP contribution in [0.5, 0.6) is 0 Å². The van der Waals surface area contributed by atoms with E-state index in [4.69, 9.17) is 11.6 Å². The van der Waals surface area contributed by atoms with Crippen molar-refractivity contribution in [1.82, 2.24) is 4.90 Å². The van der Waals surface area contributed by atoms with Crippen molar-refractivity contribution in [2.75, 3.05) is 0 Å². The molecule has 0 aliphatic carbocycles. The summed E-state index contributed by atoms with van der Waals surface area (Å²) in [5.41, 5.74) is 0.841. The molecule has 1 aliphatic rings. The van der Waals surface area contributed by atoms with E-state index >= 15 is 0 Å². The predicted molar refractivity (Wildman–Crippen MR) is 67.8 cm³/mol. The Kier molecular flexibility index (Phi) is 3.57. The van der Waals surface area contributed by atoms with E-state index in [1.807, 2.05) is 6.07 Å². The third kappa shape index (κ3) is 2.34. The zero-order chi connectivity index (χ0) is 13.3. The highest BCUT2D eigenvalue weighted by Crippen LogP contribution is 2.37. The summed E-state index contributed by atoms with van der Waals surface area (Å²) < 4.78 is 0. The lowest BCUT2D eigenvalue weighted by atomic mass is 10.0. The van der Waals surface area contributed by atoms with Crippen molar-refractivity contribution >= 4 is 23.5 Å². The van der Waals surface area contributed by atoms with Crippen LogP contribution in [0.1, 0.15) is 31.4 Å². The number of nitrogens with zero attached hydrogens (tertiary/aromatic N) is 1. The van der Waals surface area contributed by atoms with Crippen LogP contribution in [0.15, 0.2) is 24.3 Å². The normalized spacial score (nSPS) is 23.1. The molecule has 0 aromatic heterocycles. The molecule has 1 fully saturated rings. The summed E-state index contributed by atoms with van der Waals surface area (Å²) >= 11 is 5.92. The highest BCUT2D eigenvalue weighted by molar-refractivity contribution is 6.30. The second-order valence-electron chi connectivity index (χ2n) is 4.46. The molecule has 96 valence electrons. The maximum absolute atomic E-state index is 11.5. The molecular formula is C13H14ClNO3. The van der Waals surface area contributed by atoms with E-state index < -0.39 is 12.1 Å². The lowest BCUT2D eigenvalue weighted by Gasteiger charge is -2.26. The number of amides is 1. The van der Waals surface area contributed by atoms with Crippen molar-refractivity contribution in [3.63, 3.8) is 0 Å². The van der Waals surface area contributed by atoms with Crippen LogP contribution in [0.2, 0.25) is 5.02 Å². The van der Waals surface area contributed by atoms with Gasteiger partial charge in [-0.25, -0.2) is 4.79 Å². The van der Waals surface area contributed by atoms with Crippen molar-refractivity contribution in [2.45, 2.75) is 31.8 Å². The van der Waals surface area contributed by atoms with Crippen molar-refractivity contribution in [3.8, 4) is 0 Å². The van der Waals surface area contributed by atoms with Gasteiger partial charge in [0, 0.05) is 5.02 Å². The van der Waals surface area contributed by atoms with Crippen LogP contribution >= 0.6 is 11.6 Å². The quantitative estimate of drug-likeness (QED) is 0.896. The van der Waals surface area contributed by atoms with E-state index in [1.54, 1.807) is 18.2 Å². The number of Topliss-reactive ketones (excluding diaryl/α,β-unsaturated/α-hetero) is 1. The highest BCUT2D eigenvalue weighted by Gasteiger charge is 2.40. The standard InChI is InChI=1S/C13H14ClNO3/c1-8(16)11-5-6-12(15(11)13(17)18)9-3-2-4-10(14)7-9/h2-4,7,11-12H,5-6H2,1H3,(H,17,18)/t11-,12+/m1/s1. The van der Waals surface area contributed by atoms with Gasteiger partial charge in [-0.15, -0.1) is 0 Å². The maximum Gasteiger partial charge on any atom is 0.408 e. The van der Waals surface area contributed by atoms with Crippen molar-refractivity contribution < 1.29 is 14.7 Å². The Bertz CT molecular complexity index is 489. The number of halogens is 1. The fraction of sp³-hybridized carbons (Fsp3) is 0.385. The average molecular weight is 268 g/mol. The average Bonchev–Trinajstić information content (AvgIpc) is 2.73. The van der Waals surface area contributed by atoms with Gasteiger partial charge in [0.25, 0.3) is 0 Å². The molecule has 1 saturated heterocycles. The molecule has 0 spiro atoms. The summed E-state index contributed by atoms with van der Waals surface area (Å²) in [5.74, 6) is -0.109. The molecule has 1 amide bonds. The Hall–Kier alpha value is -1.55. The Balaban J connectivity index is 2.33. The monoisotopic (exact) mass is 267 g/mol. The van der Waals surface area contributed by atoms with Gasteiger partial charge in [-0.2, -0.15) is 0 Å². The first-order valence-electron chi connectivity index (χ1n) is 5.78. The van der Waals surface area contributed by atoms with Crippen LogP contribution in [0.3, 0.4) is 0 Å². The third-order valence-corrected chi connectivity index (χ3v) is 3.54. The first kappa shape index (κ1) is 12.9. The van der Waals surface area contributed by atoms with Crippen LogP contribution in [0, 0.1) is 0 Å². The molecule has 2 rings (SSSR count). The molecule has 0 bridgehead atoms. The maximum atomic E-state index is 11.5. The van der Waals surface area contributed by atoms with Crippen molar-refractivity contribution in [1.29, 1.82) is 0 Å². The largest absolute Gasteiger partial charge is 0.465 e. The predicted octanol–water partition coefficient (Wildman–Crippen LogP) is 3.11. The topological polar surface area (TPSA) is 57.6 Å². The lowest BCUT2D eigenvalue weighted by molar-refractivity contribution is -0.121. The Morgan fingerprint density at radius 3 is 2.67 bits per heavy atom.